The van der Waals surface area contributed by atoms with Gasteiger partial charge >= 0.3 is 0 Å². The quantitative estimate of drug-likeness (QED) is 0.787. The molecule has 0 unspecified atom stereocenters. The van der Waals surface area contributed by atoms with Gasteiger partial charge in [0.2, 0.25) is 0 Å². The van der Waals surface area contributed by atoms with Crippen LogP contribution in [0.1, 0.15) is 5.56 Å². The Morgan fingerprint density at radius 1 is 1.27 bits per heavy atom. The molecular formula is C17H17NO3S. The smallest absolute Gasteiger partial charge is 0.259 e. The predicted molar refractivity (Wildman–Crippen MR) is 88.8 cm³/mol. The number of pyridine rings is 1. The summed E-state index contributed by atoms with van der Waals surface area (Å²) in [6, 6.07) is 11.4. The fraction of sp³-hybridized carbons (Fsp3) is 0.235. The van der Waals surface area contributed by atoms with Gasteiger partial charge in [-0.1, -0.05) is 18.2 Å². The third-order valence-corrected chi connectivity index (χ3v) is 4.41. The number of para-hydroxylation sites is 1. The van der Waals surface area contributed by atoms with Crippen molar-refractivity contribution in [2.24, 2.45) is 0 Å². The lowest BCUT2D eigenvalue weighted by Crippen LogP contribution is -2.29. The van der Waals surface area contributed by atoms with Gasteiger partial charge in [0.15, 0.2) is 0 Å². The molecular weight excluding hydrogens is 298 g/mol. The summed E-state index contributed by atoms with van der Waals surface area (Å²) < 4.78 is 8.11. The van der Waals surface area contributed by atoms with Crippen molar-refractivity contribution in [1.82, 2.24) is 4.57 Å². The molecule has 5 heteroatoms. The van der Waals surface area contributed by atoms with Crippen LogP contribution >= 0.6 is 11.3 Å². The van der Waals surface area contributed by atoms with Gasteiger partial charge in [0.25, 0.3) is 5.56 Å². The van der Waals surface area contributed by atoms with Gasteiger partial charge in [-0.15, -0.1) is 11.3 Å². The highest BCUT2D eigenvalue weighted by Gasteiger charge is 2.10. The number of aryl methyl sites for hydroxylation is 1. The molecule has 0 saturated carbocycles. The molecule has 1 N–H and O–H groups in total. The average molecular weight is 315 g/mol. The van der Waals surface area contributed by atoms with Crippen molar-refractivity contribution >= 4 is 21.4 Å². The highest BCUT2D eigenvalue weighted by Crippen LogP contribution is 2.17. The maximum atomic E-state index is 12.3. The fourth-order valence-corrected chi connectivity index (χ4v) is 3.11. The molecule has 22 heavy (non-hydrogen) atoms. The average Bonchev–Trinajstić information content (AvgIpc) is 2.99. The van der Waals surface area contributed by atoms with Gasteiger partial charge in [-0.2, -0.15) is 0 Å². The van der Waals surface area contributed by atoms with Gasteiger partial charge < -0.3 is 14.4 Å². The van der Waals surface area contributed by atoms with Crippen molar-refractivity contribution in [3.8, 4) is 5.75 Å². The van der Waals surface area contributed by atoms with E-state index in [4.69, 9.17) is 4.74 Å². The zero-order valence-electron chi connectivity index (χ0n) is 12.2. The topological polar surface area (TPSA) is 51.5 Å². The molecule has 4 nitrogen and oxygen atoms in total. The van der Waals surface area contributed by atoms with E-state index in [0.717, 1.165) is 16.0 Å². The van der Waals surface area contributed by atoms with Gasteiger partial charge in [0, 0.05) is 10.9 Å². The van der Waals surface area contributed by atoms with Crippen LogP contribution in [0.15, 0.2) is 52.8 Å². The molecule has 3 rings (SSSR count). The zero-order valence-corrected chi connectivity index (χ0v) is 13.0. The van der Waals surface area contributed by atoms with Gasteiger partial charge in [0.05, 0.1) is 11.9 Å². The van der Waals surface area contributed by atoms with Gasteiger partial charge in [0.1, 0.15) is 18.5 Å². The Hall–Kier alpha value is -2.11. The standard InChI is InChI=1S/C17H17NO3S/c1-12-4-2-3-5-15(12)21-11-13(19)10-18-8-6-16-14(17(18)20)7-9-22-16/h2-9,13,19H,10-11H2,1H3/t13-/m1/s1. The molecule has 0 fully saturated rings. The third-order valence-electron chi connectivity index (χ3n) is 3.52. The maximum absolute atomic E-state index is 12.3. The van der Waals surface area contributed by atoms with E-state index in [1.165, 1.54) is 15.9 Å². The second-order valence-corrected chi connectivity index (χ2v) is 6.15. The van der Waals surface area contributed by atoms with E-state index in [-0.39, 0.29) is 18.7 Å². The van der Waals surface area contributed by atoms with Crippen LogP contribution in [-0.4, -0.2) is 22.4 Å². The molecule has 0 aliphatic carbocycles. The van der Waals surface area contributed by atoms with Crippen molar-refractivity contribution in [1.29, 1.82) is 0 Å². The van der Waals surface area contributed by atoms with Crippen LogP contribution in [0.4, 0.5) is 0 Å². The summed E-state index contributed by atoms with van der Waals surface area (Å²) in [7, 11) is 0. The van der Waals surface area contributed by atoms with Crippen molar-refractivity contribution in [3.05, 3.63) is 63.9 Å². The van der Waals surface area contributed by atoms with E-state index in [2.05, 4.69) is 0 Å². The highest BCUT2D eigenvalue weighted by atomic mass is 32.1. The summed E-state index contributed by atoms with van der Waals surface area (Å²) in [6.45, 7) is 2.33. The second kappa shape index (κ2) is 6.34. The van der Waals surface area contributed by atoms with Crippen LogP contribution in [0, 0.1) is 6.92 Å². The SMILES string of the molecule is Cc1ccccc1OC[C@H](O)Cn1ccc2sccc2c1=O. The van der Waals surface area contributed by atoms with E-state index in [9.17, 15) is 9.90 Å². The number of aliphatic hydroxyl groups is 1. The van der Waals surface area contributed by atoms with Crippen LogP contribution in [0.5, 0.6) is 5.75 Å². The number of hydrogen-bond donors (Lipinski definition) is 1. The van der Waals surface area contributed by atoms with E-state index >= 15 is 0 Å². The largest absolute Gasteiger partial charge is 0.491 e. The monoisotopic (exact) mass is 315 g/mol. The summed E-state index contributed by atoms with van der Waals surface area (Å²) in [5, 5.41) is 12.7. The molecule has 2 heterocycles. The molecule has 3 aromatic rings. The molecule has 0 amide bonds. The van der Waals surface area contributed by atoms with E-state index in [0.29, 0.717) is 5.39 Å². The first kappa shape index (κ1) is 14.8. The van der Waals surface area contributed by atoms with Crippen LogP contribution in [0.2, 0.25) is 0 Å². The van der Waals surface area contributed by atoms with Crippen molar-refractivity contribution in [3.63, 3.8) is 0 Å². The van der Waals surface area contributed by atoms with E-state index in [1.54, 1.807) is 6.20 Å². The van der Waals surface area contributed by atoms with E-state index < -0.39 is 6.10 Å². The summed E-state index contributed by atoms with van der Waals surface area (Å²) >= 11 is 1.54. The van der Waals surface area contributed by atoms with Crippen LogP contribution in [-0.2, 0) is 6.54 Å². The predicted octanol–water partition coefficient (Wildman–Crippen LogP) is 2.81. The summed E-state index contributed by atoms with van der Waals surface area (Å²) in [5.74, 6) is 0.752. The van der Waals surface area contributed by atoms with Gasteiger partial charge in [-0.05, 0) is 36.1 Å². The highest BCUT2D eigenvalue weighted by molar-refractivity contribution is 7.17. The number of aromatic nitrogens is 1. The molecule has 0 aliphatic rings. The summed E-state index contributed by atoms with van der Waals surface area (Å²) in [4.78, 5) is 12.3. The molecule has 0 saturated heterocycles. The molecule has 114 valence electrons. The molecule has 0 spiro atoms. The van der Waals surface area contributed by atoms with Crippen molar-refractivity contribution in [2.75, 3.05) is 6.61 Å². The van der Waals surface area contributed by atoms with Crippen LogP contribution in [0.3, 0.4) is 0 Å². The number of benzene rings is 1. The van der Waals surface area contributed by atoms with E-state index in [1.807, 2.05) is 48.7 Å². The number of fused-ring (bicyclic) bond motifs is 1. The number of hydrogen-bond acceptors (Lipinski definition) is 4. The number of rotatable bonds is 5. The first-order valence-electron chi connectivity index (χ1n) is 7.08. The lowest BCUT2D eigenvalue weighted by molar-refractivity contribution is 0.0914. The Balaban J connectivity index is 1.68. The Morgan fingerprint density at radius 3 is 2.91 bits per heavy atom. The lowest BCUT2D eigenvalue weighted by Gasteiger charge is -2.15. The van der Waals surface area contributed by atoms with Crippen molar-refractivity contribution < 1.29 is 9.84 Å². The summed E-state index contributed by atoms with van der Waals surface area (Å²) in [5.41, 5.74) is 0.945. The summed E-state index contributed by atoms with van der Waals surface area (Å²) in [6.07, 6.45) is 0.978. The van der Waals surface area contributed by atoms with Crippen LogP contribution < -0.4 is 10.3 Å². The Labute approximate surface area is 132 Å². The molecule has 0 radical (unpaired) electrons. The van der Waals surface area contributed by atoms with Crippen LogP contribution in [0.25, 0.3) is 10.1 Å². The number of ether oxygens (including phenoxy) is 1. The molecule has 2 aromatic heterocycles. The second-order valence-electron chi connectivity index (χ2n) is 5.20. The van der Waals surface area contributed by atoms with Gasteiger partial charge in [-0.25, -0.2) is 0 Å². The minimum Gasteiger partial charge on any atom is -0.491 e. The van der Waals surface area contributed by atoms with Crippen molar-refractivity contribution in [2.45, 2.75) is 19.6 Å². The molecule has 1 atom stereocenters. The Bertz CT molecular complexity index is 837. The third kappa shape index (κ3) is 3.05. The lowest BCUT2D eigenvalue weighted by atomic mass is 10.2. The van der Waals surface area contributed by atoms with Gasteiger partial charge in [-0.3, -0.25) is 4.79 Å². The first-order valence-corrected chi connectivity index (χ1v) is 7.96. The number of nitrogens with zero attached hydrogens (tertiary/aromatic N) is 1. The number of aliphatic hydroxyl groups excluding tert-OH is 1. The molecule has 0 bridgehead atoms. The molecule has 0 aliphatic heterocycles. The maximum Gasteiger partial charge on any atom is 0.259 e. The Morgan fingerprint density at radius 2 is 2.09 bits per heavy atom. The number of thiophene rings is 1. The minimum atomic E-state index is -0.742. The zero-order chi connectivity index (χ0) is 15.5. The first-order chi connectivity index (χ1) is 10.6. The minimum absolute atomic E-state index is 0.0753. The fourth-order valence-electron chi connectivity index (χ4n) is 2.33. The molecule has 1 aromatic carbocycles. The Kier molecular flexibility index (Phi) is 4.27. The normalized spacial score (nSPS) is 12.5.